The van der Waals surface area contributed by atoms with Crippen LogP contribution in [0.15, 0.2) is 29.2 Å². The Morgan fingerprint density at radius 1 is 1.15 bits per heavy atom. The Hall–Kier alpha value is -1.16. The molecule has 0 saturated carbocycles. The summed E-state index contributed by atoms with van der Waals surface area (Å²) in [6.45, 7) is 6.06. The van der Waals surface area contributed by atoms with Gasteiger partial charge in [0.2, 0.25) is 5.91 Å². The molecular formula is C16H26N2OS. The third kappa shape index (κ3) is 5.87. The zero-order valence-corrected chi connectivity index (χ0v) is 13.4. The van der Waals surface area contributed by atoms with Crippen LogP contribution < -0.4 is 5.73 Å². The van der Waals surface area contributed by atoms with Crippen LogP contribution in [0.1, 0.15) is 39.5 Å². The monoisotopic (exact) mass is 294 g/mol. The van der Waals surface area contributed by atoms with Crippen molar-refractivity contribution < 1.29 is 4.79 Å². The Kier molecular flexibility index (Phi) is 8.19. The van der Waals surface area contributed by atoms with E-state index in [0.29, 0.717) is 5.75 Å². The van der Waals surface area contributed by atoms with E-state index >= 15 is 0 Å². The number of hydrogen-bond donors (Lipinski definition) is 1. The highest BCUT2D eigenvalue weighted by Gasteiger charge is 2.13. The Morgan fingerprint density at radius 2 is 1.75 bits per heavy atom. The van der Waals surface area contributed by atoms with E-state index in [9.17, 15) is 4.79 Å². The number of nitrogen functional groups attached to an aromatic ring is 1. The number of amides is 1. The van der Waals surface area contributed by atoms with Crippen LogP contribution in [0.3, 0.4) is 0 Å². The van der Waals surface area contributed by atoms with Crippen LogP contribution in [0.2, 0.25) is 0 Å². The number of nitrogens with zero attached hydrogens (tertiary/aromatic N) is 1. The van der Waals surface area contributed by atoms with E-state index in [1.165, 1.54) is 11.8 Å². The summed E-state index contributed by atoms with van der Waals surface area (Å²) in [5, 5.41) is 0. The fourth-order valence-electron chi connectivity index (χ4n) is 1.90. The van der Waals surface area contributed by atoms with Crippen LogP contribution in [0.5, 0.6) is 0 Å². The fraction of sp³-hybridized carbons (Fsp3) is 0.562. The zero-order valence-electron chi connectivity index (χ0n) is 12.6. The first-order valence-electron chi connectivity index (χ1n) is 7.44. The van der Waals surface area contributed by atoms with E-state index in [-0.39, 0.29) is 5.91 Å². The first-order valence-corrected chi connectivity index (χ1v) is 8.42. The molecule has 0 aromatic heterocycles. The summed E-state index contributed by atoms with van der Waals surface area (Å²) in [5.41, 5.74) is 6.65. The summed E-state index contributed by atoms with van der Waals surface area (Å²) in [4.78, 5) is 15.3. The fourth-order valence-corrected chi connectivity index (χ4v) is 2.77. The SMILES string of the molecule is CCCCN(CCCC)C(=O)CSc1ccccc1N. The van der Waals surface area contributed by atoms with Crippen molar-refractivity contribution in [1.29, 1.82) is 0 Å². The van der Waals surface area contributed by atoms with Gasteiger partial charge in [0.25, 0.3) is 0 Å². The predicted molar refractivity (Wildman–Crippen MR) is 88.0 cm³/mol. The summed E-state index contributed by atoms with van der Waals surface area (Å²) in [7, 11) is 0. The molecule has 1 amide bonds. The molecule has 0 aliphatic rings. The lowest BCUT2D eigenvalue weighted by Gasteiger charge is -2.22. The smallest absolute Gasteiger partial charge is 0.232 e. The third-order valence-corrected chi connectivity index (χ3v) is 4.26. The number of thioether (sulfide) groups is 1. The molecule has 4 heteroatoms. The van der Waals surface area contributed by atoms with E-state index in [0.717, 1.165) is 49.4 Å². The highest BCUT2D eigenvalue weighted by atomic mass is 32.2. The summed E-state index contributed by atoms with van der Waals surface area (Å²) >= 11 is 1.53. The molecule has 0 radical (unpaired) electrons. The predicted octanol–water partition coefficient (Wildman–Crippen LogP) is 3.79. The molecule has 0 aliphatic carbocycles. The second-order valence-electron chi connectivity index (χ2n) is 4.91. The molecule has 1 rings (SSSR count). The zero-order chi connectivity index (χ0) is 14.8. The molecule has 0 unspecified atom stereocenters. The Bertz CT molecular complexity index is 401. The number of carbonyl (C=O) groups is 1. The van der Waals surface area contributed by atoms with Gasteiger partial charge in [0, 0.05) is 23.7 Å². The van der Waals surface area contributed by atoms with Crippen molar-refractivity contribution in [3.8, 4) is 0 Å². The topological polar surface area (TPSA) is 46.3 Å². The van der Waals surface area contributed by atoms with Crippen LogP contribution >= 0.6 is 11.8 Å². The van der Waals surface area contributed by atoms with Gasteiger partial charge in [0.15, 0.2) is 0 Å². The molecule has 1 aromatic carbocycles. The summed E-state index contributed by atoms with van der Waals surface area (Å²) in [5.74, 6) is 0.696. The number of hydrogen-bond acceptors (Lipinski definition) is 3. The minimum atomic E-state index is 0.222. The van der Waals surface area contributed by atoms with Crippen molar-refractivity contribution in [2.75, 3.05) is 24.6 Å². The van der Waals surface area contributed by atoms with Gasteiger partial charge in [0.05, 0.1) is 5.75 Å². The lowest BCUT2D eigenvalue weighted by Crippen LogP contribution is -2.34. The highest BCUT2D eigenvalue weighted by Crippen LogP contribution is 2.24. The quantitative estimate of drug-likeness (QED) is 0.557. The number of para-hydroxylation sites is 1. The van der Waals surface area contributed by atoms with Crippen molar-refractivity contribution in [2.24, 2.45) is 0 Å². The average molecular weight is 294 g/mol. The summed E-state index contributed by atoms with van der Waals surface area (Å²) < 4.78 is 0. The van der Waals surface area contributed by atoms with Crippen LogP contribution in [-0.4, -0.2) is 29.6 Å². The van der Waals surface area contributed by atoms with E-state index in [2.05, 4.69) is 13.8 Å². The molecule has 0 spiro atoms. The van der Waals surface area contributed by atoms with Crippen LogP contribution in [0.25, 0.3) is 0 Å². The van der Waals surface area contributed by atoms with E-state index in [1.54, 1.807) is 0 Å². The largest absolute Gasteiger partial charge is 0.398 e. The summed E-state index contributed by atoms with van der Waals surface area (Å²) in [6, 6.07) is 7.71. The number of rotatable bonds is 9. The summed E-state index contributed by atoms with van der Waals surface area (Å²) in [6.07, 6.45) is 4.39. The van der Waals surface area contributed by atoms with Crippen molar-refractivity contribution in [3.05, 3.63) is 24.3 Å². The molecule has 0 aliphatic heterocycles. The molecule has 112 valence electrons. The van der Waals surface area contributed by atoms with Gasteiger partial charge in [0.1, 0.15) is 0 Å². The lowest BCUT2D eigenvalue weighted by molar-refractivity contribution is -0.128. The molecular weight excluding hydrogens is 268 g/mol. The number of nitrogens with two attached hydrogens (primary N) is 1. The van der Waals surface area contributed by atoms with Gasteiger partial charge in [-0.15, -0.1) is 11.8 Å². The second kappa shape index (κ2) is 9.70. The van der Waals surface area contributed by atoms with Crippen molar-refractivity contribution in [3.63, 3.8) is 0 Å². The maximum atomic E-state index is 12.3. The van der Waals surface area contributed by atoms with Crippen LogP contribution in [-0.2, 0) is 4.79 Å². The first kappa shape index (κ1) is 16.9. The molecule has 20 heavy (non-hydrogen) atoms. The van der Waals surface area contributed by atoms with Crippen molar-refractivity contribution >= 4 is 23.4 Å². The van der Waals surface area contributed by atoms with Crippen LogP contribution in [0, 0.1) is 0 Å². The normalized spacial score (nSPS) is 10.5. The number of carbonyl (C=O) groups excluding carboxylic acids is 1. The maximum Gasteiger partial charge on any atom is 0.232 e. The van der Waals surface area contributed by atoms with Gasteiger partial charge in [-0.1, -0.05) is 38.8 Å². The van der Waals surface area contributed by atoms with Crippen molar-refractivity contribution in [2.45, 2.75) is 44.4 Å². The number of anilines is 1. The standard InChI is InChI=1S/C16H26N2OS/c1-3-5-11-18(12-6-4-2)16(19)13-20-15-10-8-7-9-14(15)17/h7-10H,3-6,11-13,17H2,1-2H3. The molecule has 0 atom stereocenters. The maximum absolute atomic E-state index is 12.3. The van der Waals surface area contributed by atoms with Gasteiger partial charge < -0.3 is 10.6 Å². The van der Waals surface area contributed by atoms with E-state index < -0.39 is 0 Å². The first-order chi connectivity index (χ1) is 9.69. The Morgan fingerprint density at radius 3 is 2.30 bits per heavy atom. The van der Waals surface area contributed by atoms with E-state index in [1.807, 2.05) is 29.2 Å². The van der Waals surface area contributed by atoms with Crippen molar-refractivity contribution in [1.82, 2.24) is 4.90 Å². The van der Waals surface area contributed by atoms with Crippen LogP contribution in [0.4, 0.5) is 5.69 Å². The minimum absolute atomic E-state index is 0.222. The molecule has 0 bridgehead atoms. The minimum Gasteiger partial charge on any atom is -0.398 e. The van der Waals surface area contributed by atoms with Gasteiger partial charge in [-0.25, -0.2) is 0 Å². The average Bonchev–Trinajstić information content (AvgIpc) is 2.46. The molecule has 0 fully saturated rings. The Labute approximate surface area is 126 Å². The molecule has 3 nitrogen and oxygen atoms in total. The molecule has 1 aromatic rings. The van der Waals surface area contributed by atoms with Gasteiger partial charge >= 0.3 is 0 Å². The molecule has 0 heterocycles. The van der Waals surface area contributed by atoms with Gasteiger partial charge in [-0.05, 0) is 25.0 Å². The van der Waals surface area contributed by atoms with Gasteiger partial charge in [-0.3, -0.25) is 4.79 Å². The van der Waals surface area contributed by atoms with E-state index in [4.69, 9.17) is 5.73 Å². The number of unbranched alkanes of at least 4 members (excludes halogenated alkanes) is 2. The van der Waals surface area contributed by atoms with Gasteiger partial charge in [-0.2, -0.15) is 0 Å². The number of benzene rings is 1. The third-order valence-electron chi connectivity index (χ3n) is 3.19. The molecule has 2 N–H and O–H groups in total. The second-order valence-corrected chi connectivity index (χ2v) is 5.93. The Balaban J connectivity index is 2.50. The molecule has 0 saturated heterocycles. The highest BCUT2D eigenvalue weighted by molar-refractivity contribution is 8.00. The lowest BCUT2D eigenvalue weighted by atomic mass is 10.2.